The number of carbonyl (C=O) groups excluding carboxylic acids is 1. The molecule has 0 atom stereocenters. The molecule has 1 amide bonds. The van der Waals surface area contributed by atoms with Gasteiger partial charge in [-0.25, -0.2) is 0 Å². The molecule has 5 nitrogen and oxygen atoms in total. The molecule has 0 bridgehead atoms. The van der Waals surface area contributed by atoms with E-state index in [1.807, 2.05) is 0 Å². The Morgan fingerprint density at radius 3 is 2.63 bits per heavy atom. The predicted octanol–water partition coefficient (Wildman–Crippen LogP) is 1.86. The quantitative estimate of drug-likeness (QED) is 0.778. The topological polar surface area (TPSA) is 84.6 Å². The van der Waals surface area contributed by atoms with Crippen molar-refractivity contribution >= 4 is 11.6 Å². The van der Waals surface area contributed by atoms with Crippen LogP contribution in [0.1, 0.15) is 25.7 Å². The van der Waals surface area contributed by atoms with Crippen molar-refractivity contribution in [2.75, 3.05) is 12.4 Å². The molecule has 0 aromatic heterocycles. The number of hydrogen-bond donors (Lipinski definition) is 3. The summed E-state index contributed by atoms with van der Waals surface area (Å²) in [5.41, 5.74) is 6.40. The molecule has 1 aliphatic carbocycles. The van der Waals surface area contributed by atoms with Gasteiger partial charge in [0, 0.05) is 23.7 Å². The fourth-order valence-corrected chi connectivity index (χ4v) is 2.39. The fraction of sp³-hybridized carbons (Fsp3) is 0.500. The van der Waals surface area contributed by atoms with E-state index in [-0.39, 0.29) is 23.6 Å². The molecule has 4 N–H and O–H groups in total. The summed E-state index contributed by atoms with van der Waals surface area (Å²) in [7, 11) is 1.48. The largest absolute Gasteiger partial charge is 0.504 e. The second-order valence-corrected chi connectivity index (χ2v) is 4.99. The third-order valence-electron chi connectivity index (χ3n) is 3.59. The van der Waals surface area contributed by atoms with Gasteiger partial charge < -0.3 is 20.9 Å². The van der Waals surface area contributed by atoms with Crippen LogP contribution in [0.25, 0.3) is 0 Å². The van der Waals surface area contributed by atoms with E-state index in [1.165, 1.54) is 13.2 Å². The Kier molecular flexibility index (Phi) is 4.27. The molecule has 1 aromatic rings. The van der Waals surface area contributed by atoms with Crippen LogP contribution in [0.2, 0.25) is 0 Å². The molecular weight excluding hydrogens is 244 g/mol. The zero-order valence-corrected chi connectivity index (χ0v) is 11.1. The predicted molar refractivity (Wildman–Crippen MR) is 73.2 cm³/mol. The number of benzene rings is 1. The van der Waals surface area contributed by atoms with E-state index in [0.717, 1.165) is 25.7 Å². The van der Waals surface area contributed by atoms with Crippen molar-refractivity contribution in [3.05, 3.63) is 18.2 Å². The van der Waals surface area contributed by atoms with E-state index in [2.05, 4.69) is 5.32 Å². The van der Waals surface area contributed by atoms with Gasteiger partial charge in [-0.3, -0.25) is 4.79 Å². The molecule has 104 valence electrons. The summed E-state index contributed by atoms with van der Waals surface area (Å²) in [5, 5.41) is 12.5. The van der Waals surface area contributed by atoms with Crippen molar-refractivity contribution in [3.8, 4) is 11.5 Å². The van der Waals surface area contributed by atoms with Gasteiger partial charge in [-0.05, 0) is 37.8 Å². The number of aromatic hydroxyl groups is 1. The minimum absolute atomic E-state index is 0.00327. The first kappa shape index (κ1) is 13.7. The molecule has 2 rings (SSSR count). The maximum absolute atomic E-state index is 12.1. The van der Waals surface area contributed by atoms with Crippen LogP contribution < -0.4 is 15.8 Å². The van der Waals surface area contributed by atoms with Crippen LogP contribution in [-0.4, -0.2) is 24.2 Å². The van der Waals surface area contributed by atoms with Gasteiger partial charge >= 0.3 is 0 Å². The number of carbonyl (C=O) groups is 1. The number of ether oxygens (including phenoxy) is 1. The highest BCUT2D eigenvalue weighted by molar-refractivity contribution is 5.92. The molecule has 0 saturated heterocycles. The van der Waals surface area contributed by atoms with Crippen LogP contribution >= 0.6 is 0 Å². The van der Waals surface area contributed by atoms with E-state index in [4.69, 9.17) is 10.5 Å². The number of nitrogens with two attached hydrogens (primary N) is 1. The lowest BCUT2D eigenvalue weighted by Gasteiger charge is -2.25. The molecule has 1 aromatic carbocycles. The summed E-state index contributed by atoms with van der Waals surface area (Å²) < 4.78 is 4.96. The van der Waals surface area contributed by atoms with Gasteiger partial charge in [-0.1, -0.05) is 0 Å². The summed E-state index contributed by atoms with van der Waals surface area (Å²) >= 11 is 0. The van der Waals surface area contributed by atoms with Crippen LogP contribution in [0.15, 0.2) is 18.2 Å². The molecule has 1 saturated carbocycles. The molecule has 0 unspecified atom stereocenters. The molecule has 0 aliphatic heterocycles. The number of phenols is 1. The first-order valence-electron chi connectivity index (χ1n) is 6.53. The highest BCUT2D eigenvalue weighted by Crippen LogP contribution is 2.30. The number of nitrogens with one attached hydrogen (secondary N) is 1. The first-order valence-corrected chi connectivity index (χ1v) is 6.53. The fourth-order valence-electron chi connectivity index (χ4n) is 2.39. The van der Waals surface area contributed by atoms with Gasteiger partial charge in [0.25, 0.3) is 0 Å². The van der Waals surface area contributed by atoms with Crippen LogP contribution in [0, 0.1) is 5.92 Å². The van der Waals surface area contributed by atoms with Crippen LogP contribution in [0.3, 0.4) is 0 Å². The van der Waals surface area contributed by atoms with Crippen LogP contribution in [-0.2, 0) is 4.79 Å². The third-order valence-corrected chi connectivity index (χ3v) is 3.59. The van der Waals surface area contributed by atoms with E-state index in [1.54, 1.807) is 12.1 Å². The zero-order valence-electron chi connectivity index (χ0n) is 11.1. The molecule has 0 spiro atoms. The third kappa shape index (κ3) is 3.38. The molecule has 19 heavy (non-hydrogen) atoms. The van der Waals surface area contributed by atoms with Gasteiger partial charge in [0.05, 0.1) is 7.11 Å². The van der Waals surface area contributed by atoms with E-state index >= 15 is 0 Å². The summed E-state index contributed by atoms with van der Waals surface area (Å²) in [5.74, 6) is 0.424. The molecular formula is C14H20N2O3. The second kappa shape index (κ2) is 5.93. The van der Waals surface area contributed by atoms with Crippen LogP contribution in [0.4, 0.5) is 5.69 Å². The van der Waals surface area contributed by atoms with Gasteiger partial charge in [0.2, 0.25) is 5.91 Å². The van der Waals surface area contributed by atoms with Crippen molar-refractivity contribution in [1.82, 2.24) is 0 Å². The lowest BCUT2D eigenvalue weighted by molar-refractivity contribution is -0.120. The molecule has 5 heteroatoms. The van der Waals surface area contributed by atoms with Crippen LogP contribution in [0.5, 0.6) is 11.5 Å². The average Bonchev–Trinajstić information content (AvgIpc) is 2.39. The standard InChI is InChI=1S/C14H20N2O3/c1-19-13-7-6-11(8-12(13)17)16-14(18)9-2-4-10(15)5-3-9/h6-10,17H,2-5,15H2,1H3,(H,16,18). The summed E-state index contributed by atoms with van der Waals surface area (Å²) in [6.07, 6.45) is 3.45. The average molecular weight is 264 g/mol. The minimum atomic E-state index is -0.00327. The number of hydrogen-bond acceptors (Lipinski definition) is 4. The maximum Gasteiger partial charge on any atom is 0.227 e. The molecule has 1 fully saturated rings. The highest BCUT2D eigenvalue weighted by Gasteiger charge is 2.24. The van der Waals surface area contributed by atoms with Crippen molar-refractivity contribution in [2.24, 2.45) is 11.7 Å². The number of phenolic OH excluding ortho intramolecular Hbond substituents is 1. The Bertz CT molecular complexity index is 454. The maximum atomic E-state index is 12.1. The van der Waals surface area contributed by atoms with Gasteiger partial charge in [0.15, 0.2) is 11.5 Å². The molecule has 0 heterocycles. The van der Waals surface area contributed by atoms with Crippen molar-refractivity contribution < 1.29 is 14.6 Å². The number of methoxy groups -OCH3 is 1. The second-order valence-electron chi connectivity index (χ2n) is 4.99. The van der Waals surface area contributed by atoms with E-state index in [9.17, 15) is 9.90 Å². The van der Waals surface area contributed by atoms with Crippen molar-refractivity contribution in [1.29, 1.82) is 0 Å². The minimum Gasteiger partial charge on any atom is -0.504 e. The lowest BCUT2D eigenvalue weighted by atomic mass is 9.86. The monoisotopic (exact) mass is 264 g/mol. The summed E-state index contributed by atoms with van der Waals surface area (Å²) in [6, 6.07) is 5.06. The highest BCUT2D eigenvalue weighted by atomic mass is 16.5. The Morgan fingerprint density at radius 2 is 2.05 bits per heavy atom. The van der Waals surface area contributed by atoms with Gasteiger partial charge in [0.1, 0.15) is 0 Å². The van der Waals surface area contributed by atoms with Gasteiger partial charge in [-0.2, -0.15) is 0 Å². The Balaban J connectivity index is 1.97. The first-order chi connectivity index (χ1) is 9.10. The smallest absolute Gasteiger partial charge is 0.227 e. The van der Waals surface area contributed by atoms with Gasteiger partial charge in [-0.15, -0.1) is 0 Å². The lowest BCUT2D eigenvalue weighted by Crippen LogP contribution is -2.32. The Labute approximate surface area is 112 Å². The number of anilines is 1. The van der Waals surface area contributed by atoms with Crippen molar-refractivity contribution in [3.63, 3.8) is 0 Å². The Hall–Kier alpha value is -1.75. The zero-order chi connectivity index (χ0) is 13.8. The number of amides is 1. The van der Waals surface area contributed by atoms with E-state index < -0.39 is 0 Å². The van der Waals surface area contributed by atoms with Crippen molar-refractivity contribution in [2.45, 2.75) is 31.7 Å². The normalized spacial score (nSPS) is 22.8. The van der Waals surface area contributed by atoms with E-state index in [0.29, 0.717) is 11.4 Å². The number of rotatable bonds is 3. The molecule has 1 aliphatic rings. The summed E-state index contributed by atoms with van der Waals surface area (Å²) in [4.78, 5) is 12.1. The SMILES string of the molecule is COc1ccc(NC(=O)C2CCC(N)CC2)cc1O. The Morgan fingerprint density at radius 1 is 1.37 bits per heavy atom. The molecule has 0 radical (unpaired) electrons. The summed E-state index contributed by atoms with van der Waals surface area (Å²) in [6.45, 7) is 0.